The van der Waals surface area contributed by atoms with E-state index in [1.807, 2.05) is 24.9 Å². The number of amides is 1. The molecule has 1 N–H and O–H groups in total. The predicted octanol–water partition coefficient (Wildman–Crippen LogP) is 2.51. The van der Waals surface area contributed by atoms with Crippen LogP contribution in [-0.4, -0.2) is 77.2 Å². The lowest BCUT2D eigenvalue weighted by atomic mass is 10.0. The van der Waals surface area contributed by atoms with E-state index in [4.69, 9.17) is 0 Å². The number of pyridine rings is 1. The Kier molecular flexibility index (Phi) is 7.23. The zero-order valence-electron chi connectivity index (χ0n) is 21.9. The fraction of sp³-hybridized carbons (Fsp3) is 0.429. The van der Waals surface area contributed by atoms with Crippen LogP contribution in [0.5, 0.6) is 0 Å². The second-order valence-electron chi connectivity index (χ2n) is 10.1. The molecule has 1 fully saturated rings. The van der Waals surface area contributed by atoms with Gasteiger partial charge in [0.05, 0.1) is 17.9 Å². The quantitative estimate of drug-likeness (QED) is 0.532. The van der Waals surface area contributed by atoms with Crippen molar-refractivity contribution in [3.05, 3.63) is 81.4 Å². The summed E-state index contributed by atoms with van der Waals surface area (Å²) in [5.41, 5.74) is 5.04. The molecule has 0 radical (unpaired) electrons. The lowest BCUT2D eigenvalue weighted by Gasteiger charge is -2.36. The molecule has 1 atom stereocenters. The molecule has 0 aliphatic carbocycles. The van der Waals surface area contributed by atoms with Gasteiger partial charge in [-0.3, -0.25) is 9.59 Å². The van der Waals surface area contributed by atoms with Crippen LogP contribution >= 0.6 is 0 Å². The summed E-state index contributed by atoms with van der Waals surface area (Å²) in [7, 11) is 2.07. The van der Waals surface area contributed by atoms with Crippen molar-refractivity contribution in [2.24, 2.45) is 0 Å². The minimum atomic E-state index is -0.163. The first-order valence-electron chi connectivity index (χ1n) is 12.9. The number of H-pyrrole nitrogens is 1. The number of likely N-dealkylation sites (N-methyl/N-ethyl adjacent to an activating group) is 1. The van der Waals surface area contributed by atoms with Gasteiger partial charge in [-0.2, -0.15) is 5.10 Å². The number of piperazine rings is 1. The molecule has 9 heteroatoms. The van der Waals surface area contributed by atoms with Crippen molar-refractivity contribution in [2.75, 3.05) is 56.1 Å². The van der Waals surface area contributed by atoms with Crippen molar-refractivity contribution < 1.29 is 4.79 Å². The van der Waals surface area contributed by atoms with Crippen LogP contribution in [0, 0.1) is 13.8 Å². The minimum absolute atomic E-state index is 0.0872. The van der Waals surface area contributed by atoms with E-state index in [9.17, 15) is 9.59 Å². The van der Waals surface area contributed by atoms with Crippen molar-refractivity contribution in [1.82, 2.24) is 25.0 Å². The van der Waals surface area contributed by atoms with Crippen LogP contribution in [0.25, 0.3) is 0 Å². The highest BCUT2D eigenvalue weighted by atomic mass is 16.2. The number of nitrogens with one attached hydrogen (secondary N) is 1. The number of anilines is 2. The van der Waals surface area contributed by atoms with Crippen molar-refractivity contribution in [3.63, 3.8) is 0 Å². The number of hydrogen-bond acceptors (Lipinski definition) is 7. The van der Waals surface area contributed by atoms with E-state index in [-0.39, 0.29) is 17.5 Å². The molecule has 1 amide bonds. The molecule has 1 saturated heterocycles. The first-order chi connectivity index (χ1) is 17.9. The van der Waals surface area contributed by atoms with Crippen LogP contribution in [0.15, 0.2) is 53.6 Å². The summed E-state index contributed by atoms with van der Waals surface area (Å²) >= 11 is 0. The number of fused-ring (bicyclic) bond motifs is 1. The van der Waals surface area contributed by atoms with Crippen molar-refractivity contribution in [3.8, 4) is 0 Å². The van der Waals surface area contributed by atoms with E-state index in [1.54, 1.807) is 6.20 Å². The van der Waals surface area contributed by atoms with E-state index < -0.39 is 0 Å². The second kappa shape index (κ2) is 10.7. The first-order valence-corrected chi connectivity index (χ1v) is 12.9. The zero-order chi connectivity index (χ0) is 25.9. The van der Waals surface area contributed by atoms with Crippen molar-refractivity contribution >= 4 is 17.4 Å². The molecule has 194 valence electrons. The maximum absolute atomic E-state index is 13.0. The van der Waals surface area contributed by atoms with Crippen LogP contribution in [0.2, 0.25) is 0 Å². The molecule has 3 aromatic rings. The number of aryl methyl sites for hydroxylation is 1. The van der Waals surface area contributed by atoms with E-state index >= 15 is 0 Å². The molecule has 1 aromatic carbocycles. The smallest absolute Gasteiger partial charge is 0.269 e. The number of aromatic amines is 1. The number of rotatable bonds is 7. The third kappa shape index (κ3) is 5.36. The van der Waals surface area contributed by atoms with Gasteiger partial charge in [-0.05, 0) is 43.7 Å². The van der Waals surface area contributed by atoms with Crippen LogP contribution in [0.1, 0.15) is 34.7 Å². The van der Waals surface area contributed by atoms with Gasteiger partial charge in [0.2, 0.25) is 5.91 Å². The molecule has 0 bridgehead atoms. The van der Waals surface area contributed by atoms with Gasteiger partial charge in [-0.15, -0.1) is 0 Å². The molecule has 2 aliphatic heterocycles. The summed E-state index contributed by atoms with van der Waals surface area (Å²) in [6.45, 7) is 9.08. The summed E-state index contributed by atoms with van der Waals surface area (Å²) < 4.78 is 0. The topological polar surface area (TPSA) is 88.7 Å². The van der Waals surface area contributed by atoms with Gasteiger partial charge in [-0.1, -0.05) is 30.3 Å². The van der Waals surface area contributed by atoms with Gasteiger partial charge in [-0.25, -0.2) is 10.1 Å². The highest BCUT2D eigenvalue weighted by molar-refractivity contribution is 5.76. The Morgan fingerprint density at radius 2 is 1.86 bits per heavy atom. The number of benzene rings is 1. The standard InChI is InChI=1S/C28H35N7O2/c1-20-8-9-26(29-16-20)33-12-14-34(15-13-33)27(36)10-11-32(3)19-25-23-7-5-4-6-22(23)18-35(25)24-17-30-31-28(37)21(24)2/h4-9,16-17,25H,10-15,18-19H2,1-3H3,(H,31,37)/t25-/m1/s1. The first kappa shape index (κ1) is 25.0. The summed E-state index contributed by atoms with van der Waals surface area (Å²) in [6, 6.07) is 12.6. The third-order valence-corrected chi connectivity index (χ3v) is 7.56. The van der Waals surface area contributed by atoms with E-state index in [0.717, 1.165) is 56.3 Å². The molecule has 4 heterocycles. The van der Waals surface area contributed by atoms with Crippen molar-refractivity contribution in [1.29, 1.82) is 0 Å². The Balaban J connectivity index is 1.18. The van der Waals surface area contributed by atoms with Crippen LogP contribution in [-0.2, 0) is 11.3 Å². The van der Waals surface area contributed by atoms with Gasteiger partial charge in [0.15, 0.2) is 0 Å². The van der Waals surface area contributed by atoms with Crippen molar-refractivity contribution in [2.45, 2.75) is 32.9 Å². The van der Waals surface area contributed by atoms with E-state index in [0.29, 0.717) is 18.5 Å². The monoisotopic (exact) mass is 501 g/mol. The second-order valence-corrected chi connectivity index (χ2v) is 10.1. The van der Waals surface area contributed by atoms with Gasteiger partial charge in [0, 0.05) is 64.0 Å². The lowest BCUT2D eigenvalue weighted by molar-refractivity contribution is -0.131. The van der Waals surface area contributed by atoms with Gasteiger partial charge in [0.25, 0.3) is 5.56 Å². The normalized spacial score (nSPS) is 17.4. The Labute approximate surface area is 217 Å². The molecule has 0 saturated carbocycles. The molecule has 0 spiro atoms. The Bertz CT molecular complexity index is 1300. The molecule has 2 aromatic heterocycles. The van der Waals surface area contributed by atoms with Gasteiger partial charge in [0.1, 0.15) is 5.82 Å². The summed E-state index contributed by atoms with van der Waals surface area (Å²) in [4.78, 5) is 38.5. The maximum atomic E-state index is 13.0. The number of aromatic nitrogens is 3. The Morgan fingerprint density at radius 1 is 1.08 bits per heavy atom. The SMILES string of the molecule is Cc1ccc(N2CCN(C(=O)CCN(C)C[C@@H]3c4ccccc4CN3c3cn[nH]c(=O)c3C)CC2)nc1. The highest BCUT2D eigenvalue weighted by Crippen LogP contribution is 2.38. The maximum Gasteiger partial charge on any atom is 0.269 e. The average molecular weight is 502 g/mol. The average Bonchev–Trinajstić information content (AvgIpc) is 3.27. The van der Waals surface area contributed by atoms with Crippen LogP contribution < -0.4 is 15.4 Å². The highest BCUT2D eigenvalue weighted by Gasteiger charge is 2.32. The molecule has 2 aliphatic rings. The largest absolute Gasteiger partial charge is 0.357 e. The minimum Gasteiger partial charge on any atom is -0.357 e. The molecule has 37 heavy (non-hydrogen) atoms. The fourth-order valence-corrected chi connectivity index (χ4v) is 5.32. The van der Waals surface area contributed by atoms with E-state index in [2.05, 4.69) is 73.3 Å². The predicted molar refractivity (Wildman–Crippen MR) is 145 cm³/mol. The fourth-order valence-electron chi connectivity index (χ4n) is 5.32. The number of hydrogen-bond donors (Lipinski definition) is 1. The summed E-state index contributed by atoms with van der Waals surface area (Å²) in [6.07, 6.45) is 4.12. The molecule has 0 unspecified atom stereocenters. The van der Waals surface area contributed by atoms with Gasteiger partial charge < -0.3 is 19.6 Å². The van der Waals surface area contributed by atoms with Crippen LogP contribution in [0.3, 0.4) is 0 Å². The lowest BCUT2D eigenvalue weighted by Crippen LogP contribution is -2.49. The zero-order valence-corrected chi connectivity index (χ0v) is 21.9. The molecule has 9 nitrogen and oxygen atoms in total. The molecular formula is C28H35N7O2. The number of carbonyl (C=O) groups excluding carboxylic acids is 1. The number of nitrogens with zero attached hydrogens (tertiary/aromatic N) is 6. The van der Waals surface area contributed by atoms with E-state index in [1.165, 1.54) is 11.1 Å². The Morgan fingerprint density at radius 3 is 2.62 bits per heavy atom. The molecule has 5 rings (SSSR count). The molecular weight excluding hydrogens is 466 g/mol. The summed E-state index contributed by atoms with van der Waals surface area (Å²) in [5, 5.41) is 6.58. The van der Waals surface area contributed by atoms with Gasteiger partial charge >= 0.3 is 0 Å². The summed E-state index contributed by atoms with van der Waals surface area (Å²) in [5.74, 6) is 1.17. The van der Waals surface area contributed by atoms with Crippen LogP contribution in [0.4, 0.5) is 11.5 Å². The third-order valence-electron chi connectivity index (χ3n) is 7.56. The Hall–Kier alpha value is -3.72. The number of carbonyl (C=O) groups is 1.